The van der Waals surface area contributed by atoms with Gasteiger partial charge in [0.25, 0.3) is 0 Å². The predicted octanol–water partition coefficient (Wildman–Crippen LogP) is 3.76. The van der Waals surface area contributed by atoms with Crippen LogP contribution in [0, 0.1) is 0 Å². The van der Waals surface area contributed by atoms with Crippen LogP contribution < -0.4 is 5.32 Å². The van der Waals surface area contributed by atoms with Crippen LogP contribution in [-0.4, -0.2) is 25.2 Å². The van der Waals surface area contributed by atoms with Crippen LogP contribution in [0.1, 0.15) is 11.1 Å². The number of hydrogen-bond donors (Lipinski definition) is 1. The molecule has 1 aromatic carbocycles. The fourth-order valence-electron chi connectivity index (χ4n) is 1.79. The molecule has 0 unspecified atom stereocenters. The summed E-state index contributed by atoms with van der Waals surface area (Å²) >= 11 is 7.88. The van der Waals surface area contributed by atoms with Crippen LogP contribution in [0.2, 0.25) is 5.02 Å². The van der Waals surface area contributed by atoms with Crippen LogP contribution in [0.5, 0.6) is 0 Å². The maximum Gasteiger partial charge on any atom is 0.0629 e. The van der Waals surface area contributed by atoms with Gasteiger partial charge in [0.05, 0.1) is 11.6 Å². The minimum absolute atomic E-state index is 0.726. The number of thioether (sulfide) groups is 1. The van der Waals surface area contributed by atoms with Crippen molar-refractivity contribution in [3.05, 3.63) is 58.9 Å². The van der Waals surface area contributed by atoms with Gasteiger partial charge in [-0.1, -0.05) is 23.7 Å². The smallest absolute Gasteiger partial charge is 0.0629 e. The zero-order valence-electron chi connectivity index (χ0n) is 12.0. The molecule has 2 aromatic rings. The molecule has 112 valence electrons. The molecule has 0 spiro atoms. The highest BCUT2D eigenvalue weighted by Crippen LogP contribution is 2.26. The first kappa shape index (κ1) is 16.3. The molecule has 21 heavy (non-hydrogen) atoms. The van der Waals surface area contributed by atoms with Gasteiger partial charge >= 0.3 is 0 Å². The van der Waals surface area contributed by atoms with Gasteiger partial charge in [0.2, 0.25) is 0 Å². The van der Waals surface area contributed by atoms with Gasteiger partial charge in [-0.2, -0.15) is 0 Å². The Bertz CT molecular complexity index is 548. The molecule has 0 aliphatic rings. The minimum atomic E-state index is 0.726. The summed E-state index contributed by atoms with van der Waals surface area (Å²) in [6.07, 6.45) is 3.46. The number of aromatic nitrogens is 1. The lowest BCUT2D eigenvalue weighted by Crippen LogP contribution is -2.18. The third kappa shape index (κ3) is 5.67. The number of benzene rings is 1. The molecule has 1 heterocycles. The topological polar surface area (TPSA) is 34.1 Å². The van der Waals surface area contributed by atoms with Crippen LogP contribution in [0.3, 0.4) is 0 Å². The van der Waals surface area contributed by atoms with E-state index in [0.29, 0.717) is 0 Å². The first-order chi connectivity index (χ1) is 10.3. The summed E-state index contributed by atoms with van der Waals surface area (Å²) < 4.78 is 5.00. The Kier molecular flexibility index (Phi) is 7.03. The Morgan fingerprint density at radius 3 is 2.76 bits per heavy atom. The summed E-state index contributed by atoms with van der Waals surface area (Å²) in [6, 6.07) is 10.6. The third-order valence-corrected chi connectivity index (χ3v) is 4.39. The average molecular weight is 323 g/mol. The molecule has 0 fully saturated rings. The van der Waals surface area contributed by atoms with E-state index in [1.165, 1.54) is 10.5 Å². The first-order valence-electron chi connectivity index (χ1n) is 6.79. The summed E-state index contributed by atoms with van der Waals surface area (Å²) in [4.78, 5) is 5.24. The Morgan fingerprint density at radius 2 is 2.05 bits per heavy atom. The van der Waals surface area contributed by atoms with Crippen molar-refractivity contribution in [1.29, 1.82) is 0 Å². The van der Waals surface area contributed by atoms with E-state index < -0.39 is 0 Å². The summed E-state index contributed by atoms with van der Waals surface area (Å²) in [7, 11) is 1.71. The summed E-state index contributed by atoms with van der Waals surface area (Å²) in [5.41, 5.74) is 2.39. The number of pyridine rings is 1. The third-order valence-electron chi connectivity index (χ3n) is 2.99. The van der Waals surface area contributed by atoms with Gasteiger partial charge in [0, 0.05) is 43.2 Å². The Balaban J connectivity index is 1.81. The second-order valence-electron chi connectivity index (χ2n) is 4.57. The summed E-state index contributed by atoms with van der Waals surface area (Å²) in [5, 5.41) is 4.06. The van der Waals surface area contributed by atoms with Crippen molar-refractivity contribution in [3.8, 4) is 0 Å². The zero-order chi connectivity index (χ0) is 14.9. The molecule has 3 nitrogen and oxygen atoms in total. The average Bonchev–Trinajstić information content (AvgIpc) is 2.52. The summed E-state index contributed by atoms with van der Waals surface area (Å²) in [6.45, 7) is 2.47. The molecule has 0 amide bonds. The molecule has 0 atom stereocenters. The second-order valence-corrected chi connectivity index (χ2v) is 6.03. The Labute approximate surface area is 135 Å². The number of nitrogens with zero attached hydrogens (tertiary/aromatic N) is 1. The molecule has 2 rings (SSSR count). The number of ether oxygens (including phenoxy) is 1. The molecular formula is C16H19ClN2OS. The maximum atomic E-state index is 6.10. The normalized spacial score (nSPS) is 10.8. The van der Waals surface area contributed by atoms with E-state index >= 15 is 0 Å². The maximum absolute atomic E-state index is 6.10. The second kappa shape index (κ2) is 9.05. The monoisotopic (exact) mass is 322 g/mol. The molecule has 0 radical (unpaired) electrons. The van der Waals surface area contributed by atoms with Gasteiger partial charge in [-0.3, -0.25) is 4.98 Å². The van der Waals surface area contributed by atoms with E-state index in [1.807, 2.05) is 6.07 Å². The quantitative estimate of drug-likeness (QED) is 0.592. The largest absolute Gasteiger partial charge is 0.383 e. The number of rotatable bonds is 8. The van der Waals surface area contributed by atoms with Crippen molar-refractivity contribution in [2.24, 2.45) is 0 Å². The highest BCUT2D eigenvalue weighted by Gasteiger charge is 2.01. The number of methoxy groups -OCH3 is 1. The van der Waals surface area contributed by atoms with Crippen molar-refractivity contribution in [2.45, 2.75) is 17.2 Å². The number of nitrogens with one attached hydrogen (secondary N) is 1. The van der Waals surface area contributed by atoms with E-state index in [-0.39, 0.29) is 0 Å². The lowest BCUT2D eigenvalue weighted by atomic mass is 10.2. The zero-order valence-corrected chi connectivity index (χ0v) is 13.6. The van der Waals surface area contributed by atoms with Crippen LogP contribution in [0.25, 0.3) is 0 Å². The van der Waals surface area contributed by atoms with Gasteiger partial charge < -0.3 is 10.1 Å². The lowest BCUT2D eigenvalue weighted by molar-refractivity contribution is 0.199. The van der Waals surface area contributed by atoms with Crippen molar-refractivity contribution in [1.82, 2.24) is 10.3 Å². The SMILES string of the molecule is COCCNCc1ccc(SCc2ccncc2Cl)cc1. The molecular weight excluding hydrogens is 304 g/mol. The minimum Gasteiger partial charge on any atom is -0.383 e. The van der Waals surface area contributed by atoms with Gasteiger partial charge in [0.15, 0.2) is 0 Å². The van der Waals surface area contributed by atoms with Crippen molar-refractivity contribution in [2.75, 3.05) is 20.3 Å². The first-order valence-corrected chi connectivity index (χ1v) is 8.15. The molecule has 0 saturated carbocycles. The van der Waals surface area contributed by atoms with E-state index in [2.05, 4.69) is 34.6 Å². The predicted molar refractivity (Wildman–Crippen MR) is 88.8 cm³/mol. The van der Waals surface area contributed by atoms with Gasteiger partial charge in [0.1, 0.15) is 0 Å². The standard InChI is InChI=1S/C16H19ClN2OS/c1-20-9-8-19-10-13-2-4-15(5-3-13)21-12-14-6-7-18-11-16(14)17/h2-7,11,19H,8-10,12H2,1H3. The van der Waals surface area contributed by atoms with Crippen LogP contribution in [0.15, 0.2) is 47.6 Å². The fourth-order valence-corrected chi connectivity index (χ4v) is 2.96. The number of halogens is 1. The van der Waals surface area contributed by atoms with Gasteiger partial charge in [-0.15, -0.1) is 11.8 Å². The molecule has 0 aliphatic carbocycles. The highest BCUT2D eigenvalue weighted by molar-refractivity contribution is 7.98. The Morgan fingerprint density at radius 1 is 1.24 bits per heavy atom. The van der Waals surface area contributed by atoms with Crippen molar-refractivity contribution < 1.29 is 4.74 Å². The van der Waals surface area contributed by atoms with Crippen LogP contribution in [-0.2, 0) is 17.0 Å². The van der Waals surface area contributed by atoms with E-state index in [1.54, 1.807) is 31.3 Å². The molecule has 0 bridgehead atoms. The van der Waals surface area contributed by atoms with Crippen LogP contribution in [0.4, 0.5) is 0 Å². The van der Waals surface area contributed by atoms with E-state index in [9.17, 15) is 0 Å². The molecule has 0 aliphatic heterocycles. The van der Waals surface area contributed by atoms with Gasteiger partial charge in [-0.25, -0.2) is 0 Å². The summed E-state index contributed by atoms with van der Waals surface area (Å²) in [5.74, 6) is 0.854. The number of hydrogen-bond acceptors (Lipinski definition) is 4. The van der Waals surface area contributed by atoms with Crippen molar-refractivity contribution in [3.63, 3.8) is 0 Å². The molecule has 1 N–H and O–H groups in total. The van der Waals surface area contributed by atoms with E-state index in [0.717, 1.165) is 36.0 Å². The van der Waals surface area contributed by atoms with Crippen LogP contribution >= 0.6 is 23.4 Å². The lowest BCUT2D eigenvalue weighted by Gasteiger charge is -2.06. The highest BCUT2D eigenvalue weighted by atomic mass is 35.5. The van der Waals surface area contributed by atoms with Gasteiger partial charge in [-0.05, 0) is 29.3 Å². The van der Waals surface area contributed by atoms with Crippen molar-refractivity contribution >= 4 is 23.4 Å². The Hall–Kier alpha value is -1.07. The molecule has 0 saturated heterocycles. The molecule has 5 heteroatoms. The molecule has 1 aromatic heterocycles. The fraction of sp³-hybridized carbons (Fsp3) is 0.312. The van der Waals surface area contributed by atoms with E-state index in [4.69, 9.17) is 16.3 Å².